The number of nitrogens with one attached hydrogen (secondary N) is 1. The van der Waals surface area contributed by atoms with Crippen LogP contribution in [0.25, 0.3) is 0 Å². The molecule has 0 saturated carbocycles. The van der Waals surface area contributed by atoms with Crippen molar-refractivity contribution in [3.63, 3.8) is 0 Å². The Bertz CT molecular complexity index is 1030. The lowest BCUT2D eigenvalue weighted by atomic mass is 10.1. The molecule has 29 heavy (non-hydrogen) atoms. The van der Waals surface area contributed by atoms with Crippen molar-refractivity contribution >= 4 is 35.0 Å². The first-order valence-electron chi connectivity index (χ1n) is 8.90. The fourth-order valence-corrected chi connectivity index (χ4v) is 3.60. The summed E-state index contributed by atoms with van der Waals surface area (Å²) in [5.41, 5.74) is 2.32. The number of anilines is 2. The zero-order valence-electron chi connectivity index (χ0n) is 15.6. The molecule has 0 aliphatic carbocycles. The molecule has 3 aromatic rings. The van der Waals surface area contributed by atoms with Gasteiger partial charge in [-0.25, -0.2) is 0 Å². The SMILES string of the molecule is COc1ccc(Cc2nnc(SCC(=O)N3CC(=O)Nc4ccccc43)o2)cc1. The maximum absolute atomic E-state index is 12.7. The molecule has 0 saturated heterocycles. The second kappa shape index (κ2) is 8.36. The van der Waals surface area contributed by atoms with Crippen molar-refractivity contribution in [3.05, 3.63) is 60.0 Å². The van der Waals surface area contributed by atoms with Gasteiger partial charge in [-0.05, 0) is 29.8 Å². The van der Waals surface area contributed by atoms with Crippen LogP contribution in [0.15, 0.2) is 58.2 Å². The van der Waals surface area contributed by atoms with Crippen LogP contribution in [0, 0.1) is 0 Å². The highest BCUT2D eigenvalue weighted by atomic mass is 32.2. The van der Waals surface area contributed by atoms with Crippen LogP contribution in [0.4, 0.5) is 11.4 Å². The number of nitrogens with zero attached hydrogens (tertiary/aromatic N) is 3. The highest BCUT2D eigenvalue weighted by molar-refractivity contribution is 7.99. The molecule has 1 aromatic heterocycles. The van der Waals surface area contributed by atoms with Crippen molar-refractivity contribution in [3.8, 4) is 5.75 Å². The maximum atomic E-state index is 12.7. The highest BCUT2D eigenvalue weighted by Gasteiger charge is 2.26. The summed E-state index contributed by atoms with van der Waals surface area (Å²) in [7, 11) is 1.62. The lowest BCUT2D eigenvalue weighted by Gasteiger charge is -2.28. The normalized spacial score (nSPS) is 13.0. The molecule has 0 bridgehead atoms. The van der Waals surface area contributed by atoms with Crippen LogP contribution in [0.3, 0.4) is 0 Å². The van der Waals surface area contributed by atoms with E-state index in [1.165, 1.54) is 4.90 Å². The van der Waals surface area contributed by atoms with Gasteiger partial charge in [0.25, 0.3) is 5.22 Å². The second-order valence-corrected chi connectivity index (χ2v) is 7.25. The van der Waals surface area contributed by atoms with Crippen molar-refractivity contribution in [1.82, 2.24) is 10.2 Å². The summed E-state index contributed by atoms with van der Waals surface area (Å²) < 4.78 is 10.8. The minimum absolute atomic E-state index is 0.0110. The van der Waals surface area contributed by atoms with Crippen LogP contribution < -0.4 is 15.0 Å². The summed E-state index contributed by atoms with van der Waals surface area (Å²) in [5.74, 6) is 0.912. The molecule has 1 N–H and O–H groups in total. The van der Waals surface area contributed by atoms with E-state index < -0.39 is 0 Å². The Labute approximate surface area is 171 Å². The molecule has 2 amide bonds. The van der Waals surface area contributed by atoms with Crippen molar-refractivity contribution in [2.24, 2.45) is 0 Å². The van der Waals surface area contributed by atoms with E-state index in [1.54, 1.807) is 19.2 Å². The Balaban J connectivity index is 1.37. The van der Waals surface area contributed by atoms with E-state index in [9.17, 15) is 9.59 Å². The van der Waals surface area contributed by atoms with Crippen molar-refractivity contribution in [1.29, 1.82) is 0 Å². The Morgan fingerprint density at radius 3 is 2.79 bits per heavy atom. The molecule has 8 nitrogen and oxygen atoms in total. The Kier molecular flexibility index (Phi) is 5.48. The number of methoxy groups -OCH3 is 1. The Hall–Kier alpha value is -3.33. The molecule has 1 aliphatic rings. The summed E-state index contributed by atoms with van der Waals surface area (Å²) in [5, 5.41) is 11.1. The third-order valence-electron chi connectivity index (χ3n) is 4.35. The van der Waals surface area contributed by atoms with E-state index in [0.717, 1.165) is 23.1 Å². The largest absolute Gasteiger partial charge is 0.497 e. The predicted molar refractivity (Wildman–Crippen MR) is 108 cm³/mol. The number of fused-ring (bicyclic) bond motifs is 1. The second-order valence-electron chi connectivity index (χ2n) is 6.32. The van der Waals surface area contributed by atoms with Crippen molar-refractivity contribution < 1.29 is 18.7 Å². The van der Waals surface area contributed by atoms with Crippen LogP contribution in [0.1, 0.15) is 11.5 Å². The fraction of sp³-hybridized carbons (Fsp3) is 0.200. The quantitative estimate of drug-likeness (QED) is 0.624. The number of amides is 2. The molecule has 0 radical (unpaired) electrons. The standard InChI is InChI=1S/C20H18N4O4S/c1-27-14-8-6-13(7-9-14)10-18-22-23-20(28-18)29-12-19(26)24-11-17(25)21-15-4-2-3-5-16(15)24/h2-9H,10-12H2,1H3,(H,21,25). The van der Waals surface area contributed by atoms with Gasteiger partial charge in [-0.15, -0.1) is 10.2 Å². The summed E-state index contributed by atoms with van der Waals surface area (Å²) in [6.07, 6.45) is 0.491. The number of hydrogen-bond acceptors (Lipinski definition) is 7. The molecule has 1 aliphatic heterocycles. The average Bonchev–Trinajstić information content (AvgIpc) is 3.19. The molecule has 9 heteroatoms. The predicted octanol–water partition coefficient (Wildman–Crippen LogP) is 2.75. The van der Waals surface area contributed by atoms with E-state index in [1.807, 2.05) is 36.4 Å². The number of ether oxygens (including phenoxy) is 1. The first kappa shape index (κ1) is 19.0. The minimum Gasteiger partial charge on any atom is -0.497 e. The molecular formula is C20H18N4O4S. The molecule has 0 fully saturated rings. The molecule has 2 aromatic carbocycles. The molecule has 0 spiro atoms. The van der Waals surface area contributed by atoms with Gasteiger partial charge >= 0.3 is 0 Å². The van der Waals surface area contributed by atoms with Crippen LogP contribution in [-0.2, 0) is 16.0 Å². The monoisotopic (exact) mass is 410 g/mol. The topological polar surface area (TPSA) is 97.6 Å². The van der Waals surface area contributed by atoms with Gasteiger partial charge in [0.15, 0.2) is 0 Å². The third kappa shape index (κ3) is 4.40. The molecule has 0 atom stereocenters. The number of carbonyl (C=O) groups is 2. The molecule has 2 heterocycles. The van der Waals surface area contributed by atoms with Crippen LogP contribution in [-0.4, -0.2) is 41.4 Å². The number of benzene rings is 2. The van der Waals surface area contributed by atoms with E-state index >= 15 is 0 Å². The molecule has 0 unspecified atom stereocenters. The third-order valence-corrected chi connectivity index (χ3v) is 5.16. The van der Waals surface area contributed by atoms with E-state index in [2.05, 4.69) is 15.5 Å². The van der Waals surface area contributed by atoms with Gasteiger partial charge in [-0.2, -0.15) is 0 Å². The van der Waals surface area contributed by atoms with Gasteiger partial charge in [0.2, 0.25) is 17.7 Å². The average molecular weight is 410 g/mol. The number of carbonyl (C=O) groups excluding carboxylic acids is 2. The van der Waals surface area contributed by atoms with E-state index in [4.69, 9.17) is 9.15 Å². The molecule has 148 valence electrons. The fourth-order valence-electron chi connectivity index (χ4n) is 2.94. The zero-order chi connectivity index (χ0) is 20.2. The maximum Gasteiger partial charge on any atom is 0.277 e. The van der Waals surface area contributed by atoms with Crippen LogP contribution in [0.5, 0.6) is 5.75 Å². The summed E-state index contributed by atoms with van der Waals surface area (Å²) >= 11 is 1.15. The number of rotatable bonds is 6. The lowest BCUT2D eigenvalue weighted by molar-refractivity contribution is -0.120. The van der Waals surface area contributed by atoms with Gasteiger partial charge in [-0.3, -0.25) is 9.59 Å². The number of para-hydroxylation sites is 2. The first-order valence-corrected chi connectivity index (χ1v) is 9.88. The van der Waals surface area contributed by atoms with Gasteiger partial charge in [-0.1, -0.05) is 36.0 Å². The zero-order valence-corrected chi connectivity index (χ0v) is 16.4. The lowest BCUT2D eigenvalue weighted by Crippen LogP contribution is -2.43. The van der Waals surface area contributed by atoms with E-state index in [-0.39, 0.29) is 24.1 Å². The number of thioether (sulfide) groups is 1. The Morgan fingerprint density at radius 1 is 1.21 bits per heavy atom. The highest BCUT2D eigenvalue weighted by Crippen LogP contribution is 2.30. The van der Waals surface area contributed by atoms with Gasteiger partial charge in [0.1, 0.15) is 12.3 Å². The van der Waals surface area contributed by atoms with Crippen LogP contribution >= 0.6 is 11.8 Å². The van der Waals surface area contributed by atoms with Gasteiger partial charge in [0, 0.05) is 0 Å². The summed E-state index contributed by atoms with van der Waals surface area (Å²) in [4.78, 5) is 26.0. The van der Waals surface area contributed by atoms with Crippen LogP contribution in [0.2, 0.25) is 0 Å². The number of aromatic nitrogens is 2. The summed E-state index contributed by atoms with van der Waals surface area (Å²) in [6.45, 7) is -0.0110. The van der Waals surface area contributed by atoms with Gasteiger partial charge in [0.05, 0.1) is 30.7 Å². The van der Waals surface area contributed by atoms with E-state index in [0.29, 0.717) is 28.9 Å². The Morgan fingerprint density at radius 2 is 2.00 bits per heavy atom. The smallest absolute Gasteiger partial charge is 0.277 e. The minimum atomic E-state index is -0.221. The number of hydrogen-bond donors (Lipinski definition) is 1. The summed E-state index contributed by atoms with van der Waals surface area (Å²) in [6, 6.07) is 14.8. The van der Waals surface area contributed by atoms with Crippen molar-refractivity contribution in [2.45, 2.75) is 11.6 Å². The van der Waals surface area contributed by atoms with Gasteiger partial charge < -0.3 is 19.4 Å². The van der Waals surface area contributed by atoms with Crippen molar-refractivity contribution in [2.75, 3.05) is 29.6 Å². The first-order chi connectivity index (χ1) is 14.1. The molecular weight excluding hydrogens is 392 g/mol. The molecule has 4 rings (SSSR count).